The highest BCUT2D eigenvalue weighted by atomic mass is 32.1. The van der Waals surface area contributed by atoms with Crippen molar-refractivity contribution in [2.45, 2.75) is 32.1 Å². The monoisotopic (exact) mass is 191 g/mol. The van der Waals surface area contributed by atoms with Crippen molar-refractivity contribution in [2.24, 2.45) is 5.41 Å². The number of nitrogens with zero attached hydrogens (tertiary/aromatic N) is 1. The number of rotatable bonds is 3. The third-order valence-corrected chi connectivity index (χ3v) is 3.75. The number of thiophene rings is 1. The second-order valence-corrected chi connectivity index (χ2v) is 4.66. The fraction of sp³-hybridized carbons (Fsp3) is 0.545. The quantitative estimate of drug-likeness (QED) is 0.718. The molecule has 1 aromatic heterocycles. The van der Waals surface area contributed by atoms with Gasteiger partial charge in [0.05, 0.1) is 11.5 Å². The highest BCUT2D eigenvalue weighted by Gasteiger charge is 2.36. The van der Waals surface area contributed by atoms with Crippen molar-refractivity contribution in [3.8, 4) is 6.07 Å². The zero-order chi connectivity index (χ0) is 9.15. The first-order valence-corrected chi connectivity index (χ1v) is 5.71. The van der Waals surface area contributed by atoms with Crippen LogP contribution in [0.25, 0.3) is 0 Å². The Morgan fingerprint density at radius 1 is 1.54 bits per heavy atom. The molecule has 1 heterocycles. The zero-order valence-electron chi connectivity index (χ0n) is 7.62. The Labute approximate surface area is 83.0 Å². The van der Waals surface area contributed by atoms with E-state index in [1.54, 1.807) is 11.3 Å². The average Bonchev–Trinajstić information content (AvgIpc) is 2.56. The van der Waals surface area contributed by atoms with Crippen LogP contribution in [-0.2, 0) is 6.42 Å². The number of aryl methyl sites for hydroxylation is 1. The van der Waals surface area contributed by atoms with Crippen molar-refractivity contribution in [3.05, 3.63) is 22.4 Å². The fourth-order valence-electron chi connectivity index (χ4n) is 1.84. The Morgan fingerprint density at radius 3 is 2.85 bits per heavy atom. The topological polar surface area (TPSA) is 23.8 Å². The summed E-state index contributed by atoms with van der Waals surface area (Å²) >= 11 is 1.74. The first kappa shape index (κ1) is 8.77. The maximum absolute atomic E-state index is 9.02. The van der Waals surface area contributed by atoms with Gasteiger partial charge in [-0.3, -0.25) is 0 Å². The van der Waals surface area contributed by atoms with Crippen LogP contribution in [0.3, 0.4) is 0 Å². The Kier molecular flexibility index (Phi) is 2.37. The SMILES string of the molecule is N#CC1(CCc2ccsc2)CCC1. The molecule has 0 atom stereocenters. The summed E-state index contributed by atoms with van der Waals surface area (Å²) in [7, 11) is 0. The van der Waals surface area contributed by atoms with Gasteiger partial charge in [0.2, 0.25) is 0 Å². The van der Waals surface area contributed by atoms with Crippen LogP contribution in [0.5, 0.6) is 0 Å². The lowest BCUT2D eigenvalue weighted by molar-refractivity contribution is 0.198. The molecular weight excluding hydrogens is 178 g/mol. The summed E-state index contributed by atoms with van der Waals surface area (Å²) < 4.78 is 0. The molecule has 2 heteroatoms. The molecular formula is C11H13NS. The van der Waals surface area contributed by atoms with E-state index < -0.39 is 0 Å². The predicted octanol–water partition coefficient (Wildman–Crippen LogP) is 3.37. The van der Waals surface area contributed by atoms with E-state index in [1.165, 1.54) is 12.0 Å². The molecule has 0 unspecified atom stereocenters. The van der Waals surface area contributed by atoms with E-state index in [9.17, 15) is 0 Å². The van der Waals surface area contributed by atoms with Crippen molar-refractivity contribution in [3.63, 3.8) is 0 Å². The Morgan fingerprint density at radius 2 is 2.38 bits per heavy atom. The number of hydrogen-bond donors (Lipinski definition) is 0. The molecule has 1 aromatic rings. The summed E-state index contributed by atoms with van der Waals surface area (Å²) in [6, 6.07) is 4.64. The van der Waals surface area contributed by atoms with Crippen LogP contribution in [0, 0.1) is 16.7 Å². The van der Waals surface area contributed by atoms with Gasteiger partial charge in [-0.1, -0.05) is 6.42 Å². The highest BCUT2D eigenvalue weighted by Crippen LogP contribution is 2.43. The van der Waals surface area contributed by atoms with Gasteiger partial charge in [0, 0.05) is 0 Å². The smallest absolute Gasteiger partial charge is 0.0689 e. The summed E-state index contributed by atoms with van der Waals surface area (Å²) in [5.41, 5.74) is 1.44. The summed E-state index contributed by atoms with van der Waals surface area (Å²) in [4.78, 5) is 0. The van der Waals surface area contributed by atoms with Crippen LogP contribution in [0.1, 0.15) is 31.2 Å². The third kappa shape index (κ3) is 1.76. The summed E-state index contributed by atoms with van der Waals surface area (Å²) in [5.74, 6) is 0. The minimum absolute atomic E-state index is 0.0436. The molecule has 68 valence electrons. The molecule has 0 amide bonds. The molecule has 13 heavy (non-hydrogen) atoms. The van der Waals surface area contributed by atoms with E-state index >= 15 is 0 Å². The molecule has 1 saturated carbocycles. The van der Waals surface area contributed by atoms with Gasteiger partial charge in [-0.05, 0) is 48.1 Å². The van der Waals surface area contributed by atoms with Crippen molar-refractivity contribution in [2.75, 3.05) is 0 Å². The van der Waals surface area contributed by atoms with Crippen LogP contribution < -0.4 is 0 Å². The highest BCUT2D eigenvalue weighted by molar-refractivity contribution is 7.07. The summed E-state index contributed by atoms with van der Waals surface area (Å²) in [5, 5.41) is 13.3. The van der Waals surface area contributed by atoms with Crippen LogP contribution >= 0.6 is 11.3 Å². The van der Waals surface area contributed by atoms with E-state index in [4.69, 9.17) is 5.26 Å². The standard InChI is InChI=1S/C11H13NS/c12-9-11(4-1-5-11)6-2-10-3-7-13-8-10/h3,7-8H,1-2,4-6H2. The van der Waals surface area contributed by atoms with Crippen LogP contribution in [-0.4, -0.2) is 0 Å². The van der Waals surface area contributed by atoms with Gasteiger partial charge in [0.15, 0.2) is 0 Å². The molecule has 0 aromatic carbocycles. The van der Waals surface area contributed by atoms with E-state index in [-0.39, 0.29) is 5.41 Å². The van der Waals surface area contributed by atoms with E-state index in [1.807, 2.05) is 0 Å². The maximum Gasteiger partial charge on any atom is 0.0689 e. The predicted molar refractivity (Wildman–Crippen MR) is 54.5 cm³/mol. The van der Waals surface area contributed by atoms with Crippen LogP contribution in [0.2, 0.25) is 0 Å². The summed E-state index contributed by atoms with van der Waals surface area (Å²) in [6.07, 6.45) is 5.62. The molecule has 0 radical (unpaired) electrons. The fourth-order valence-corrected chi connectivity index (χ4v) is 2.54. The first-order valence-electron chi connectivity index (χ1n) is 4.77. The third-order valence-electron chi connectivity index (χ3n) is 3.02. The van der Waals surface area contributed by atoms with Gasteiger partial charge < -0.3 is 0 Å². The molecule has 2 rings (SSSR count). The van der Waals surface area contributed by atoms with Gasteiger partial charge in [-0.25, -0.2) is 0 Å². The minimum atomic E-state index is 0.0436. The maximum atomic E-state index is 9.02. The van der Waals surface area contributed by atoms with Crippen molar-refractivity contribution < 1.29 is 0 Å². The van der Waals surface area contributed by atoms with Crippen LogP contribution in [0.15, 0.2) is 16.8 Å². The zero-order valence-corrected chi connectivity index (χ0v) is 8.44. The molecule has 0 spiro atoms. The van der Waals surface area contributed by atoms with Gasteiger partial charge in [-0.2, -0.15) is 16.6 Å². The Bertz CT molecular complexity index is 303. The largest absolute Gasteiger partial charge is 0.198 e. The van der Waals surface area contributed by atoms with E-state index in [2.05, 4.69) is 22.9 Å². The number of hydrogen-bond acceptors (Lipinski definition) is 2. The minimum Gasteiger partial charge on any atom is -0.198 e. The van der Waals surface area contributed by atoms with Crippen molar-refractivity contribution >= 4 is 11.3 Å². The van der Waals surface area contributed by atoms with Gasteiger partial charge >= 0.3 is 0 Å². The molecule has 1 aliphatic carbocycles. The molecule has 0 saturated heterocycles. The lowest BCUT2D eigenvalue weighted by atomic mass is 9.67. The molecule has 0 aliphatic heterocycles. The summed E-state index contributed by atoms with van der Waals surface area (Å²) in [6.45, 7) is 0. The average molecular weight is 191 g/mol. The van der Waals surface area contributed by atoms with Crippen molar-refractivity contribution in [1.82, 2.24) is 0 Å². The molecule has 0 bridgehead atoms. The van der Waals surface area contributed by atoms with Gasteiger partial charge in [0.1, 0.15) is 0 Å². The lowest BCUT2D eigenvalue weighted by Crippen LogP contribution is -2.27. The molecule has 1 aliphatic rings. The second-order valence-electron chi connectivity index (χ2n) is 3.88. The lowest BCUT2D eigenvalue weighted by Gasteiger charge is -2.35. The molecule has 0 N–H and O–H groups in total. The Hall–Kier alpha value is -0.810. The Balaban J connectivity index is 1.89. The second kappa shape index (κ2) is 3.51. The van der Waals surface area contributed by atoms with Gasteiger partial charge in [0.25, 0.3) is 0 Å². The van der Waals surface area contributed by atoms with E-state index in [0.717, 1.165) is 25.7 Å². The van der Waals surface area contributed by atoms with Crippen molar-refractivity contribution in [1.29, 1.82) is 5.26 Å². The number of nitriles is 1. The normalized spacial score (nSPS) is 19.0. The molecule has 1 fully saturated rings. The molecule has 1 nitrogen and oxygen atoms in total. The van der Waals surface area contributed by atoms with E-state index in [0.29, 0.717) is 0 Å². The first-order chi connectivity index (χ1) is 6.35. The van der Waals surface area contributed by atoms with Gasteiger partial charge in [-0.15, -0.1) is 0 Å². The van der Waals surface area contributed by atoms with Crippen LogP contribution in [0.4, 0.5) is 0 Å².